The van der Waals surface area contributed by atoms with Gasteiger partial charge in [0.25, 0.3) is 0 Å². The van der Waals surface area contributed by atoms with Gasteiger partial charge in [-0.25, -0.2) is 0 Å². The minimum atomic E-state index is 0. The Kier molecular flexibility index (Phi) is 2.57. The largest absolute Gasteiger partial charge is 0.383 e. The minimum Gasteiger partial charge on any atom is -0.383 e. The molecule has 0 amide bonds. The van der Waals surface area contributed by atoms with Crippen molar-refractivity contribution in [1.82, 2.24) is 0 Å². The fourth-order valence-electron chi connectivity index (χ4n) is 1.43. The van der Waals surface area contributed by atoms with Crippen molar-refractivity contribution in [3.8, 4) is 6.07 Å². The molecule has 0 unspecified atom stereocenters. The van der Waals surface area contributed by atoms with Crippen LogP contribution >= 0.6 is 12.4 Å². The Bertz CT molecular complexity index is 328. The van der Waals surface area contributed by atoms with Crippen molar-refractivity contribution in [3.05, 3.63) is 29.3 Å². The Hall–Kier alpha value is -1.20. The Morgan fingerprint density at radius 1 is 1.42 bits per heavy atom. The number of rotatable bonds is 0. The fourth-order valence-corrected chi connectivity index (χ4v) is 1.43. The van der Waals surface area contributed by atoms with E-state index in [0.29, 0.717) is 0 Å². The Morgan fingerprint density at radius 2 is 2.25 bits per heavy atom. The van der Waals surface area contributed by atoms with Gasteiger partial charge in [0, 0.05) is 6.54 Å². The van der Waals surface area contributed by atoms with Crippen LogP contribution in [-0.2, 0) is 6.42 Å². The number of halogens is 1. The van der Waals surface area contributed by atoms with E-state index in [-0.39, 0.29) is 12.4 Å². The first-order valence-electron chi connectivity index (χ1n) is 3.67. The molecular weight excluding hydrogens is 172 g/mol. The van der Waals surface area contributed by atoms with Crippen LogP contribution in [0.3, 0.4) is 0 Å². The van der Waals surface area contributed by atoms with Gasteiger partial charge in [-0.15, -0.1) is 12.4 Å². The van der Waals surface area contributed by atoms with Crippen molar-refractivity contribution in [3.63, 3.8) is 0 Å². The van der Waals surface area contributed by atoms with E-state index in [1.807, 2.05) is 12.1 Å². The van der Waals surface area contributed by atoms with Gasteiger partial charge in [-0.2, -0.15) is 5.26 Å². The molecule has 2 nitrogen and oxygen atoms in total. The number of fused-ring (bicyclic) bond motifs is 1. The number of nitriles is 1. The van der Waals surface area contributed by atoms with Crippen molar-refractivity contribution in [2.75, 3.05) is 11.9 Å². The van der Waals surface area contributed by atoms with Crippen LogP contribution in [0.4, 0.5) is 5.69 Å². The van der Waals surface area contributed by atoms with Crippen LogP contribution in [0.5, 0.6) is 0 Å². The summed E-state index contributed by atoms with van der Waals surface area (Å²) in [5, 5.41) is 11.9. The number of hydrogen-bond donors (Lipinski definition) is 1. The van der Waals surface area contributed by atoms with Crippen LogP contribution in [0.1, 0.15) is 11.1 Å². The predicted molar refractivity (Wildman–Crippen MR) is 50.6 cm³/mol. The lowest BCUT2D eigenvalue weighted by Crippen LogP contribution is -1.92. The average molecular weight is 181 g/mol. The first kappa shape index (κ1) is 8.89. The molecule has 0 saturated heterocycles. The lowest BCUT2D eigenvalue weighted by atomic mass is 10.1. The van der Waals surface area contributed by atoms with E-state index < -0.39 is 0 Å². The Labute approximate surface area is 77.6 Å². The smallest absolute Gasteiger partial charge is 0.101 e. The maximum absolute atomic E-state index is 8.71. The monoisotopic (exact) mass is 180 g/mol. The highest BCUT2D eigenvalue weighted by Gasteiger charge is 2.12. The average Bonchev–Trinajstić information content (AvgIpc) is 2.50. The van der Waals surface area contributed by atoms with Gasteiger partial charge in [0.1, 0.15) is 6.07 Å². The molecule has 1 N–H and O–H groups in total. The van der Waals surface area contributed by atoms with Crippen molar-refractivity contribution in [2.24, 2.45) is 0 Å². The molecular formula is C9H9ClN2. The van der Waals surface area contributed by atoms with E-state index in [0.717, 1.165) is 24.2 Å². The molecule has 0 spiro atoms. The standard InChI is InChI=1S/C9H8N2.ClH/c10-6-8-3-1-2-7-4-5-11-9(7)8;/h1-3,11H,4-5H2;1H. The zero-order valence-corrected chi connectivity index (χ0v) is 7.32. The van der Waals surface area contributed by atoms with E-state index in [9.17, 15) is 0 Å². The van der Waals surface area contributed by atoms with E-state index in [2.05, 4.69) is 17.5 Å². The second kappa shape index (κ2) is 3.46. The second-order valence-electron chi connectivity index (χ2n) is 2.63. The zero-order valence-electron chi connectivity index (χ0n) is 6.50. The molecule has 0 atom stereocenters. The summed E-state index contributed by atoms with van der Waals surface area (Å²) < 4.78 is 0. The lowest BCUT2D eigenvalue weighted by Gasteiger charge is -1.99. The van der Waals surface area contributed by atoms with Gasteiger partial charge in [0.05, 0.1) is 11.3 Å². The molecule has 0 saturated carbocycles. The molecule has 12 heavy (non-hydrogen) atoms. The fraction of sp³-hybridized carbons (Fsp3) is 0.222. The number of para-hydroxylation sites is 1. The van der Waals surface area contributed by atoms with Crippen molar-refractivity contribution < 1.29 is 0 Å². The normalized spacial score (nSPS) is 12.2. The summed E-state index contributed by atoms with van der Waals surface area (Å²) in [4.78, 5) is 0. The molecule has 0 aromatic heterocycles. The molecule has 62 valence electrons. The summed E-state index contributed by atoms with van der Waals surface area (Å²) in [5.41, 5.74) is 3.07. The molecule has 0 bridgehead atoms. The van der Waals surface area contributed by atoms with Gasteiger partial charge in [0.15, 0.2) is 0 Å². The molecule has 0 aliphatic carbocycles. The van der Waals surface area contributed by atoms with Gasteiger partial charge >= 0.3 is 0 Å². The SMILES string of the molecule is Cl.N#Cc1cccc2c1NCC2. The van der Waals surface area contributed by atoms with Crippen LogP contribution < -0.4 is 5.32 Å². The minimum absolute atomic E-state index is 0. The Balaban J connectivity index is 0.000000720. The van der Waals surface area contributed by atoms with Crippen molar-refractivity contribution in [2.45, 2.75) is 6.42 Å². The first-order chi connectivity index (χ1) is 5.42. The number of benzene rings is 1. The predicted octanol–water partition coefficient (Wildman–Crippen LogP) is 1.95. The summed E-state index contributed by atoms with van der Waals surface area (Å²) in [6.45, 7) is 0.966. The summed E-state index contributed by atoms with van der Waals surface area (Å²) in [6.07, 6.45) is 1.05. The van der Waals surface area contributed by atoms with Crippen LogP contribution in [-0.4, -0.2) is 6.54 Å². The highest BCUT2D eigenvalue weighted by molar-refractivity contribution is 5.85. The third kappa shape index (κ3) is 1.24. The van der Waals surface area contributed by atoms with Crippen molar-refractivity contribution in [1.29, 1.82) is 5.26 Å². The van der Waals surface area contributed by atoms with Crippen LogP contribution in [0.2, 0.25) is 0 Å². The van der Waals surface area contributed by atoms with E-state index in [4.69, 9.17) is 5.26 Å². The molecule has 1 aromatic rings. The summed E-state index contributed by atoms with van der Waals surface area (Å²) in [7, 11) is 0. The highest BCUT2D eigenvalue weighted by Crippen LogP contribution is 2.25. The molecule has 0 fully saturated rings. The number of hydrogen-bond acceptors (Lipinski definition) is 2. The van der Waals surface area contributed by atoms with E-state index >= 15 is 0 Å². The first-order valence-corrected chi connectivity index (χ1v) is 3.67. The third-order valence-corrected chi connectivity index (χ3v) is 1.97. The summed E-state index contributed by atoms with van der Waals surface area (Å²) >= 11 is 0. The molecule has 1 aliphatic rings. The topological polar surface area (TPSA) is 35.8 Å². The Morgan fingerprint density at radius 3 is 3.00 bits per heavy atom. The van der Waals surface area contributed by atoms with E-state index in [1.165, 1.54) is 5.56 Å². The number of nitrogens with zero attached hydrogens (tertiary/aromatic N) is 1. The maximum atomic E-state index is 8.71. The third-order valence-electron chi connectivity index (χ3n) is 1.97. The maximum Gasteiger partial charge on any atom is 0.101 e. The summed E-state index contributed by atoms with van der Waals surface area (Å²) in [6, 6.07) is 8.01. The number of anilines is 1. The van der Waals surface area contributed by atoms with Gasteiger partial charge < -0.3 is 5.32 Å². The zero-order chi connectivity index (χ0) is 7.68. The molecule has 1 aliphatic heterocycles. The number of nitrogens with one attached hydrogen (secondary N) is 1. The van der Waals surface area contributed by atoms with Crippen LogP contribution in [0, 0.1) is 11.3 Å². The summed E-state index contributed by atoms with van der Waals surface area (Å²) in [5.74, 6) is 0. The molecule has 1 heterocycles. The molecule has 3 heteroatoms. The van der Waals surface area contributed by atoms with Gasteiger partial charge in [-0.3, -0.25) is 0 Å². The van der Waals surface area contributed by atoms with Crippen LogP contribution in [0.15, 0.2) is 18.2 Å². The van der Waals surface area contributed by atoms with Gasteiger partial charge in [-0.1, -0.05) is 12.1 Å². The lowest BCUT2D eigenvalue weighted by molar-refractivity contribution is 1.11. The highest BCUT2D eigenvalue weighted by atomic mass is 35.5. The molecule has 2 rings (SSSR count). The van der Waals surface area contributed by atoms with Crippen molar-refractivity contribution >= 4 is 18.1 Å². The van der Waals surface area contributed by atoms with Gasteiger partial charge in [-0.05, 0) is 18.1 Å². The van der Waals surface area contributed by atoms with Crippen LogP contribution in [0.25, 0.3) is 0 Å². The molecule has 1 aromatic carbocycles. The second-order valence-corrected chi connectivity index (χ2v) is 2.63. The molecule has 0 radical (unpaired) electrons. The quantitative estimate of drug-likeness (QED) is 0.663. The van der Waals surface area contributed by atoms with Gasteiger partial charge in [0.2, 0.25) is 0 Å². The van der Waals surface area contributed by atoms with E-state index in [1.54, 1.807) is 0 Å².